The van der Waals surface area contributed by atoms with E-state index in [1.54, 1.807) is 25.4 Å². The summed E-state index contributed by atoms with van der Waals surface area (Å²) in [5, 5.41) is 4.21. The maximum Gasteiger partial charge on any atom is 0.136 e. The zero-order chi connectivity index (χ0) is 10.1. The summed E-state index contributed by atoms with van der Waals surface area (Å²) in [5.41, 5.74) is 0. The Labute approximate surface area is 89.3 Å². The van der Waals surface area contributed by atoms with Gasteiger partial charge in [-0.15, -0.1) is 0 Å². The molecule has 0 amide bonds. The van der Waals surface area contributed by atoms with Crippen molar-refractivity contribution in [2.75, 3.05) is 12.4 Å². The second-order valence-corrected chi connectivity index (χ2v) is 3.72. The van der Waals surface area contributed by atoms with Crippen molar-refractivity contribution in [3.63, 3.8) is 0 Å². The van der Waals surface area contributed by atoms with Gasteiger partial charge in [-0.25, -0.2) is 9.37 Å². The van der Waals surface area contributed by atoms with Gasteiger partial charge in [0.05, 0.1) is 5.39 Å². The number of anilines is 1. The number of pyridine rings is 1. The molecule has 1 aromatic carbocycles. The quantitative estimate of drug-likeness (QED) is 0.846. The highest BCUT2D eigenvalue weighted by Crippen LogP contribution is 2.29. The van der Waals surface area contributed by atoms with Gasteiger partial charge in [-0.3, -0.25) is 0 Å². The molecule has 0 spiro atoms. The van der Waals surface area contributed by atoms with Crippen LogP contribution >= 0.6 is 15.9 Å². The molecule has 1 N–H and O–H groups in total. The minimum Gasteiger partial charge on any atom is -0.373 e. The van der Waals surface area contributed by atoms with Gasteiger partial charge in [-0.2, -0.15) is 0 Å². The van der Waals surface area contributed by atoms with Crippen molar-refractivity contribution in [3.8, 4) is 0 Å². The van der Waals surface area contributed by atoms with Crippen LogP contribution in [0.4, 0.5) is 10.2 Å². The van der Waals surface area contributed by atoms with Gasteiger partial charge in [0.25, 0.3) is 0 Å². The third-order valence-electron chi connectivity index (χ3n) is 2.06. The van der Waals surface area contributed by atoms with Crippen molar-refractivity contribution in [3.05, 3.63) is 34.7 Å². The smallest absolute Gasteiger partial charge is 0.136 e. The lowest BCUT2D eigenvalue weighted by atomic mass is 10.1. The van der Waals surface area contributed by atoms with Crippen LogP contribution in [0.15, 0.2) is 28.9 Å². The minimum atomic E-state index is -0.263. The van der Waals surface area contributed by atoms with Crippen molar-refractivity contribution < 1.29 is 4.39 Å². The van der Waals surface area contributed by atoms with Crippen LogP contribution in [0, 0.1) is 5.82 Å². The molecular weight excluding hydrogens is 247 g/mol. The average molecular weight is 255 g/mol. The number of fused-ring (bicyclic) bond motifs is 1. The van der Waals surface area contributed by atoms with E-state index in [4.69, 9.17) is 0 Å². The van der Waals surface area contributed by atoms with Crippen LogP contribution in [-0.4, -0.2) is 12.0 Å². The van der Waals surface area contributed by atoms with E-state index < -0.39 is 0 Å². The van der Waals surface area contributed by atoms with Gasteiger partial charge >= 0.3 is 0 Å². The van der Waals surface area contributed by atoms with Crippen LogP contribution in [0.25, 0.3) is 10.8 Å². The number of hydrogen-bond acceptors (Lipinski definition) is 2. The number of nitrogens with zero attached hydrogens (tertiary/aromatic N) is 1. The fraction of sp³-hybridized carbons (Fsp3) is 0.100. The first kappa shape index (κ1) is 9.40. The van der Waals surface area contributed by atoms with Crippen LogP contribution in [0.5, 0.6) is 0 Å². The molecule has 0 saturated heterocycles. The lowest BCUT2D eigenvalue weighted by Gasteiger charge is -2.06. The molecule has 0 unspecified atom stereocenters. The molecule has 0 atom stereocenters. The Morgan fingerprint density at radius 3 is 2.86 bits per heavy atom. The molecule has 1 heterocycles. The van der Waals surface area contributed by atoms with Crippen LogP contribution in [0.1, 0.15) is 0 Å². The third-order valence-corrected chi connectivity index (χ3v) is 2.75. The Hall–Kier alpha value is -1.16. The summed E-state index contributed by atoms with van der Waals surface area (Å²) < 4.78 is 14.4. The topological polar surface area (TPSA) is 24.9 Å². The molecule has 1 aromatic heterocycles. The minimum absolute atomic E-state index is 0.263. The third kappa shape index (κ3) is 1.35. The van der Waals surface area contributed by atoms with Gasteiger partial charge in [0.2, 0.25) is 0 Å². The van der Waals surface area contributed by atoms with E-state index >= 15 is 0 Å². The molecule has 4 heteroatoms. The average Bonchev–Trinajstić information content (AvgIpc) is 2.23. The first-order valence-corrected chi connectivity index (χ1v) is 4.94. The van der Waals surface area contributed by atoms with Gasteiger partial charge in [0, 0.05) is 23.1 Å². The molecule has 72 valence electrons. The van der Waals surface area contributed by atoms with E-state index in [1.165, 1.54) is 6.07 Å². The molecule has 2 rings (SSSR count). The van der Waals surface area contributed by atoms with Crippen molar-refractivity contribution in [2.45, 2.75) is 0 Å². The molecule has 14 heavy (non-hydrogen) atoms. The molecule has 2 aromatic rings. The van der Waals surface area contributed by atoms with Gasteiger partial charge < -0.3 is 5.32 Å². The molecule has 0 saturated carbocycles. The van der Waals surface area contributed by atoms with E-state index in [-0.39, 0.29) is 5.82 Å². The largest absolute Gasteiger partial charge is 0.373 e. The Morgan fingerprint density at radius 1 is 1.36 bits per heavy atom. The monoisotopic (exact) mass is 254 g/mol. The lowest BCUT2D eigenvalue weighted by molar-refractivity contribution is 0.639. The predicted molar refractivity (Wildman–Crippen MR) is 58.9 cm³/mol. The Balaban J connectivity index is 2.92. The van der Waals surface area contributed by atoms with E-state index in [0.29, 0.717) is 11.2 Å². The zero-order valence-electron chi connectivity index (χ0n) is 7.51. The van der Waals surface area contributed by atoms with Gasteiger partial charge in [0.15, 0.2) is 0 Å². The zero-order valence-corrected chi connectivity index (χ0v) is 9.10. The molecule has 2 nitrogen and oxygen atoms in total. The molecular formula is C10H8BrFN2. The highest BCUT2D eigenvalue weighted by Gasteiger charge is 2.08. The van der Waals surface area contributed by atoms with Gasteiger partial charge in [-0.1, -0.05) is 15.9 Å². The maximum absolute atomic E-state index is 13.5. The van der Waals surface area contributed by atoms with Crippen molar-refractivity contribution in [2.24, 2.45) is 0 Å². The second-order valence-electron chi connectivity index (χ2n) is 2.86. The van der Waals surface area contributed by atoms with Gasteiger partial charge in [-0.05, 0) is 18.2 Å². The summed E-state index contributed by atoms with van der Waals surface area (Å²) in [5.74, 6) is 0.293. The fourth-order valence-electron chi connectivity index (χ4n) is 1.41. The second kappa shape index (κ2) is 3.53. The Kier molecular flexibility index (Phi) is 2.37. The number of aromatic nitrogens is 1. The van der Waals surface area contributed by atoms with Crippen LogP contribution in [-0.2, 0) is 0 Å². The summed E-state index contributed by atoms with van der Waals surface area (Å²) in [6.07, 6.45) is 1.65. The molecule has 0 aliphatic heterocycles. The molecule has 0 bridgehead atoms. The molecule has 0 aliphatic rings. The molecule has 0 fully saturated rings. The van der Waals surface area contributed by atoms with E-state index in [0.717, 1.165) is 9.86 Å². The van der Waals surface area contributed by atoms with Crippen molar-refractivity contribution >= 4 is 32.5 Å². The lowest BCUT2D eigenvalue weighted by Crippen LogP contribution is -1.95. The maximum atomic E-state index is 13.5. The summed E-state index contributed by atoms with van der Waals surface area (Å²) in [6.45, 7) is 0. The normalized spacial score (nSPS) is 10.5. The summed E-state index contributed by atoms with van der Waals surface area (Å²) >= 11 is 3.37. The first-order chi connectivity index (χ1) is 6.74. The van der Waals surface area contributed by atoms with Crippen LogP contribution < -0.4 is 5.32 Å². The van der Waals surface area contributed by atoms with E-state index in [1.807, 2.05) is 0 Å². The van der Waals surface area contributed by atoms with E-state index in [2.05, 4.69) is 26.2 Å². The number of nitrogens with one attached hydrogen (secondary N) is 1. The molecule has 0 radical (unpaired) electrons. The van der Waals surface area contributed by atoms with Gasteiger partial charge in [0.1, 0.15) is 11.6 Å². The SMILES string of the molecule is CNc1nccc2c(Br)ccc(F)c12. The first-order valence-electron chi connectivity index (χ1n) is 4.14. The Morgan fingerprint density at radius 2 is 2.14 bits per heavy atom. The predicted octanol–water partition coefficient (Wildman–Crippen LogP) is 3.18. The Bertz CT molecular complexity index is 485. The highest BCUT2D eigenvalue weighted by atomic mass is 79.9. The highest BCUT2D eigenvalue weighted by molar-refractivity contribution is 9.10. The number of rotatable bonds is 1. The fourth-order valence-corrected chi connectivity index (χ4v) is 1.87. The van der Waals surface area contributed by atoms with Crippen molar-refractivity contribution in [1.29, 1.82) is 0 Å². The van der Waals surface area contributed by atoms with Crippen LogP contribution in [0.3, 0.4) is 0 Å². The van der Waals surface area contributed by atoms with Crippen LogP contribution in [0.2, 0.25) is 0 Å². The standard InChI is InChI=1S/C10H8BrFN2/c1-13-10-9-6(4-5-14-10)7(11)2-3-8(9)12/h2-5H,1H3,(H,13,14). The summed E-state index contributed by atoms with van der Waals surface area (Å²) in [6, 6.07) is 4.90. The van der Waals surface area contributed by atoms with E-state index in [9.17, 15) is 4.39 Å². The summed E-state index contributed by atoms with van der Waals surface area (Å²) in [7, 11) is 1.72. The number of hydrogen-bond donors (Lipinski definition) is 1. The number of benzene rings is 1. The molecule has 0 aliphatic carbocycles. The summed E-state index contributed by atoms with van der Waals surface area (Å²) in [4.78, 5) is 4.06. The van der Waals surface area contributed by atoms with Crippen molar-refractivity contribution in [1.82, 2.24) is 4.98 Å². The number of halogens is 2.